The van der Waals surface area contributed by atoms with Gasteiger partial charge >= 0.3 is 7.82 Å². The first-order valence-electron chi connectivity index (χ1n) is 11.0. The second-order valence-electron chi connectivity index (χ2n) is 8.48. The van der Waals surface area contributed by atoms with Crippen molar-refractivity contribution in [3.63, 3.8) is 0 Å². The summed E-state index contributed by atoms with van der Waals surface area (Å²) in [4.78, 5) is 31.0. The van der Waals surface area contributed by atoms with Gasteiger partial charge in [0, 0.05) is 0 Å². The Labute approximate surface area is 206 Å². The fraction of sp³-hybridized carbons (Fsp3) is 0.240. The number of nitrogens with two attached hydrogens (primary N) is 1. The van der Waals surface area contributed by atoms with Crippen LogP contribution in [0.5, 0.6) is 17.2 Å². The standard InChI is InChI=1S/C25H26NO9P/c1-32-17-3-5-18(6-4-17)34-19-7-9-22-21(13-19)24(28)20-8-2-16(12-23(20)35-22)10-11-25(26,14-27)15-33-36(29,30)31/h2-9,12-13,27H,10-11,14-15,26H2,1H3,(H2,29,30,31). The van der Waals surface area contributed by atoms with Gasteiger partial charge in [0.15, 0.2) is 0 Å². The number of aryl methyl sites for hydroxylation is 1. The van der Waals surface area contributed by atoms with Crippen molar-refractivity contribution in [3.8, 4) is 17.2 Å². The lowest BCUT2D eigenvalue weighted by atomic mass is 9.93. The number of aliphatic hydroxyl groups excluding tert-OH is 1. The molecule has 10 nitrogen and oxygen atoms in total. The number of aliphatic hydroxyl groups is 1. The molecule has 11 heteroatoms. The Morgan fingerprint density at radius 2 is 1.64 bits per heavy atom. The minimum atomic E-state index is -4.71. The van der Waals surface area contributed by atoms with E-state index in [1.807, 2.05) is 0 Å². The van der Waals surface area contributed by atoms with Crippen molar-refractivity contribution in [2.24, 2.45) is 5.73 Å². The minimum Gasteiger partial charge on any atom is -0.497 e. The summed E-state index contributed by atoms with van der Waals surface area (Å²) in [7, 11) is -3.13. The molecule has 0 saturated heterocycles. The van der Waals surface area contributed by atoms with Gasteiger partial charge in [0.2, 0.25) is 5.43 Å². The lowest BCUT2D eigenvalue weighted by molar-refractivity contribution is 0.102. The van der Waals surface area contributed by atoms with E-state index in [1.165, 1.54) is 0 Å². The van der Waals surface area contributed by atoms with Crippen LogP contribution < -0.4 is 20.6 Å². The van der Waals surface area contributed by atoms with Crippen LogP contribution in [0.25, 0.3) is 21.9 Å². The summed E-state index contributed by atoms with van der Waals surface area (Å²) in [5, 5.41) is 10.4. The van der Waals surface area contributed by atoms with Crippen molar-refractivity contribution in [1.82, 2.24) is 0 Å². The molecule has 5 N–H and O–H groups in total. The molecular formula is C25H26NO9P. The first-order chi connectivity index (χ1) is 17.1. The monoisotopic (exact) mass is 515 g/mol. The van der Waals surface area contributed by atoms with Gasteiger partial charge in [0.05, 0.1) is 36.6 Å². The molecule has 0 aliphatic heterocycles. The molecule has 0 saturated carbocycles. The van der Waals surface area contributed by atoms with Crippen LogP contribution in [0.15, 0.2) is 69.9 Å². The molecule has 1 aromatic heterocycles. The molecule has 0 aliphatic carbocycles. The highest BCUT2D eigenvalue weighted by Crippen LogP contribution is 2.37. The van der Waals surface area contributed by atoms with Crippen LogP contribution in [-0.4, -0.2) is 40.8 Å². The zero-order valence-corrected chi connectivity index (χ0v) is 20.3. The third-order valence-corrected chi connectivity index (χ3v) is 6.21. The maximum atomic E-state index is 13.2. The maximum Gasteiger partial charge on any atom is 0.469 e. The van der Waals surface area contributed by atoms with Gasteiger partial charge < -0.3 is 34.5 Å². The molecule has 0 bridgehead atoms. The van der Waals surface area contributed by atoms with Gasteiger partial charge in [-0.15, -0.1) is 0 Å². The molecule has 1 unspecified atom stereocenters. The summed E-state index contributed by atoms with van der Waals surface area (Å²) in [5.41, 5.74) is 6.02. The number of ether oxygens (including phenoxy) is 2. The first-order valence-corrected chi connectivity index (χ1v) is 12.5. The number of phosphoric acid groups is 1. The molecule has 3 aromatic carbocycles. The van der Waals surface area contributed by atoms with E-state index >= 15 is 0 Å². The van der Waals surface area contributed by atoms with Crippen molar-refractivity contribution >= 4 is 29.8 Å². The predicted molar refractivity (Wildman–Crippen MR) is 133 cm³/mol. The Morgan fingerprint density at radius 3 is 2.31 bits per heavy atom. The molecule has 36 heavy (non-hydrogen) atoms. The summed E-state index contributed by atoms with van der Waals surface area (Å²) < 4.78 is 32.4. The predicted octanol–water partition coefficient (Wildman–Crippen LogP) is 3.48. The lowest BCUT2D eigenvalue weighted by Crippen LogP contribution is -2.48. The van der Waals surface area contributed by atoms with Gasteiger partial charge in [-0.1, -0.05) is 6.07 Å². The van der Waals surface area contributed by atoms with E-state index in [4.69, 9.17) is 29.4 Å². The lowest BCUT2D eigenvalue weighted by Gasteiger charge is -2.27. The fourth-order valence-corrected chi connectivity index (χ4v) is 4.10. The summed E-state index contributed by atoms with van der Waals surface area (Å²) in [6, 6.07) is 17.2. The van der Waals surface area contributed by atoms with E-state index in [0.29, 0.717) is 45.6 Å². The Hall–Kier alpha value is -3.24. The topological polar surface area (TPSA) is 162 Å². The summed E-state index contributed by atoms with van der Waals surface area (Å²) in [6.45, 7) is -1.04. The number of hydrogen-bond donors (Lipinski definition) is 4. The Morgan fingerprint density at radius 1 is 0.944 bits per heavy atom. The van der Waals surface area contributed by atoms with Crippen LogP contribution in [0.4, 0.5) is 0 Å². The quantitative estimate of drug-likeness (QED) is 0.182. The van der Waals surface area contributed by atoms with Crippen molar-refractivity contribution in [2.75, 3.05) is 20.3 Å². The van der Waals surface area contributed by atoms with Crippen LogP contribution >= 0.6 is 7.82 Å². The maximum absolute atomic E-state index is 13.2. The molecule has 4 aromatic rings. The third-order valence-electron chi connectivity index (χ3n) is 5.75. The zero-order chi connectivity index (χ0) is 25.9. The number of hydrogen-bond acceptors (Lipinski definition) is 8. The molecular weight excluding hydrogens is 489 g/mol. The van der Waals surface area contributed by atoms with Crippen LogP contribution in [0.1, 0.15) is 12.0 Å². The summed E-state index contributed by atoms with van der Waals surface area (Å²) in [5.74, 6) is 1.78. The number of phosphoric ester groups is 1. The minimum absolute atomic E-state index is 0.179. The summed E-state index contributed by atoms with van der Waals surface area (Å²) >= 11 is 0. The molecule has 0 amide bonds. The highest BCUT2D eigenvalue weighted by atomic mass is 31.2. The van der Waals surface area contributed by atoms with E-state index in [-0.39, 0.29) is 11.8 Å². The summed E-state index contributed by atoms with van der Waals surface area (Å²) in [6.07, 6.45) is 0.535. The molecule has 1 atom stereocenters. The van der Waals surface area contributed by atoms with Crippen LogP contribution in [-0.2, 0) is 15.5 Å². The van der Waals surface area contributed by atoms with Gasteiger partial charge in [-0.05, 0) is 73.0 Å². The van der Waals surface area contributed by atoms with Crippen LogP contribution in [0, 0.1) is 0 Å². The average Bonchev–Trinajstić information content (AvgIpc) is 2.87. The van der Waals surface area contributed by atoms with Crippen molar-refractivity contribution in [3.05, 3.63) is 76.5 Å². The van der Waals surface area contributed by atoms with Crippen molar-refractivity contribution < 1.29 is 37.9 Å². The van der Waals surface area contributed by atoms with Gasteiger partial charge in [-0.3, -0.25) is 9.32 Å². The average molecular weight is 515 g/mol. The van der Waals surface area contributed by atoms with E-state index in [1.54, 1.807) is 67.8 Å². The van der Waals surface area contributed by atoms with Crippen molar-refractivity contribution in [2.45, 2.75) is 18.4 Å². The molecule has 0 radical (unpaired) electrons. The fourth-order valence-electron chi connectivity index (χ4n) is 3.68. The van der Waals surface area contributed by atoms with E-state index in [2.05, 4.69) is 4.52 Å². The Kier molecular flexibility index (Phi) is 7.46. The molecule has 0 spiro atoms. The number of rotatable bonds is 10. The molecule has 0 fully saturated rings. The molecule has 0 aliphatic rings. The number of fused-ring (bicyclic) bond motifs is 2. The Balaban J connectivity index is 1.56. The normalized spacial score (nSPS) is 13.6. The van der Waals surface area contributed by atoms with E-state index in [0.717, 1.165) is 5.56 Å². The van der Waals surface area contributed by atoms with E-state index < -0.39 is 26.6 Å². The first kappa shape index (κ1) is 25.8. The highest BCUT2D eigenvalue weighted by Gasteiger charge is 2.28. The van der Waals surface area contributed by atoms with Crippen LogP contribution in [0.2, 0.25) is 0 Å². The molecule has 1 heterocycles. The van der Waals surface area contributed by atoms with E-state index in [9.17, 15) is 14.5 Å². The van der Waals surface area contributed by atoms with Crippen LogP contribution in [0.3, 0.4) is 0 Å². The molecule has 190 valence electrons. The second-order valence-corrected chi connectivity index (χ2v) is 9.72. The van der Waals surface area contributed by atoms with Crippen molar-refractivity contribution in [1.29, 1.82) is 0 Å². The smallest absolute Gasteiger partial charge is 0.469 e. The van der Waals surface area contributed by atoms with Gasteiger partial charge in [0.25, 0.3) is 0 Å². The molecule has 4 rings (SSSR count). The number of methoxy groups -OCH3 is 1. The zero-order valence-electron chi connectivity index (χ0n) is 19.4. The van der Waals surface area contributed by atoms with Gasteiger partial charge in [-0.25, -0.2) is 4.57 Å². The third kappa shape index (κ3) is 6.11. The highest BCUT2D eigenvalue weighted by molar-refractivity contribution is 7.46. The SMILES string of the molecule is COc1ccc(Oc2ccc3oc4cc(CCC(N)(CO)COP(=O)(O)O)ccc4c(=O)c3c2)cc1. The number of benzene rings is 3. The van der Waals surface area contributed by atoms with Gasteiger partial charge in [-0.2, -0.15) is 0 Å². The largest absolute Gasteiger partial charge is 0.497 e. The van der Waals surface area contributed by atoms with Gasteiger partial charge in [0.1, 0.15) is 28.4 Å². The Bertz CT molecular complexity index is 1480. The second kappa shape index (κ2) is 10.4.